The minimum Gasteiger partial charge on any atom is -0.445 e. The van der Waals surface area contributed by atoms with Gasteiger partial charge >= 0.3 is 18.1 Å². The topological polar surface area (TPSA) is 46.6 Å². The zero-order valence-corrected chi connectivity index (χ0v) is 8.01. The number of esters is 1. The molecule has 0 unspecified atom stereocenters. The minimum absolute atomic E-state index is 0.766. The summed E-state index contributed by atoms with van der Waals surface area (Å²) >= 11 is 0. The van der Waals surface area contributed by atoms with Crippen LogP contribution in [0.25, 0.3) is 0 Å². The SMILES string of the molecule is CN(C)C(=O)C(=O)OCC#CC(F)(F)F. The quantitative estimate of drug-likeness (QED) is 0.362. The van der Waals surface area contributed by atoms with E-state index in [2.05, 4.69) is 4.74 Å². The van der Waals surface area contributed by atoms with Crippen molar-refractivity contribution in [3.05, 3.63) is 0 Å². The molecule has 0 saturated heterocycles. The summed E-state index contributed by atoms with van der Waals surface area (Å²) < 4.78 is 38.6. The molecule has 0 spiro atoms. The molecule has 7 heteroatoms. The van der Waals surface area contributed by atoms with Gasteiger partial charge in [0.2, 0.25) is 0 Å². The largest absolute Gasteiger partial charge is 0.457 e. The highest BCUT2D eigenvalue weighted by molar-refractivity contribution is 6.32. The Labute approximate surface area is 84.0 Å². The molecule has 0 saturated carbocycles. The first kappa shape index (κ1) is 13.3. The van der Waals surface area contributed by atoms with E-state index in [1.54, 1.807) is 5.92 Å². The third-order valence-corrected chi connectivity index (χ3v) is 1.09. The summed E-state index contributed by atoms with van der Waals surface area (Å²) in [5.74, 6) is 0.260. The summed E-state index contributed by atoms with van der Waals surface area (Å²) in [6.07, 6.45) is -4.63. The van der Waals surface area contributed by atoms with Gasteiger partial charge in [-0.25, -0.2) is 4.79 Å². The fourth-order valence-corrected chi connectivity index (χ4v) is 0.482. The van der Waals surface area contributed by atoms with Crippen molar-refractivity contribution in [2.75, 3.05) is 20.7 Å². The van der Waals surface area contributed by atoms with Gasteiger partial charge in [-0.15, -0.1) is 0 Å². The van der Waals surface area contributed by atoms with Crippen LogP contribution in [0.1, 0.15) is 0 Å². The van der Waals surface area contributed by atoms with Gasteiger partial charge in [-0.2, -0.15) is 13.2 Å². The lowest BCUT2D eigenvalue weighted by atomic mass is 10.5. The van der Waals surface area contributed by atoms with Crippen LogP contribution in [0.2, 0.25) is 0 Å². The van der Waals surface area contributed by atoms with Crippen LogP contribution < -0.4 is 0 Å². The van der Waals surface area contributed by atoms with E-state index in [4.69, 9.17) is 0 Å². The van der Waals surface area contributed by atoms with Crippen molar-refractivity contribution in [3.8, 4) is 11.8 Å². The van der Waals surface area contributed by atoms with Gasteiger partial charge in [0.25, 0.3) is 0 Å². The summed E-state index contributed by atoms with van der Waals surface area (Å²) in [6, 6.07) is 0. The number of alkyl halides is 3. The highest BCUT2D eigenvalue weighted by atomic mass is 19.4. The molecule has 0 atom stereocenters. The Morgan fingerprint density at radius 2 is 1.87 bits per heavy atom. The smallest absolute Gasteiger partial charge is 0.445 e. The maximum absolute atomic E-state index is 11.5. The molecule has 0 bridgehead atoms. The van der Waals surface area contributed by atoms with Crippen LogP contribution in [0.15, 0.2) is 0 Å². The van der Waals surface area contributed by atoms with Crippen LogP contribution in [0, 0.1) is 11.8 Å². The van der Waals surface area contributed by atoms with Crippen LogP contribution in [-0.4, -0.2) is 43.7 Å². The zero-order chi connectivity index (χ0) is 12.1. The van der Waals surface area contributed by atoms with Gasteiger partial charge < -0.3 is 9.64 Å². The number of nitrogens with zero attached hydrogens (tertiary/aromatic N) is 1. The van der Waals surface area contributed by atoms with Gasteiger partial charge in [0.05, 0.1) is 0 Å². The van der Waals surface area contributed by atoms with Crippen molar-refractivity contribution < 1.29 is 27.5 Å². The van der Waals surface area contributed by atoms with Crippen molar-refractivity contribution in [2.45, 2.75) is 6.18 Å². The average Bonchev–Trinajstić information content (AvgIpc) is 2.09. The summed E-state index contributed by atoms with van der Waals surface area (Å²) in [6.45, 7) is -0.766. The Kier molecular flexibility index (Phi) is 4.64. The molecule has 0 N–H and O–H groups in total. The normalized spacial score (nSPS) is 9.93. The second-order valence-corrected chi connectivity index (χ2v) is 2.58. The Bertz CT molecular complexity index is 311. The molecule has 0 aliphatic carbocycles. The number of amides is 1. The van der Waals surface area contributed by atoms with E-state index < -0.39 is 24.7 Å². The Balaban J connectivity index is 4.02. The van der Waals surface area contributed by atoms with Crippen molar-refractivity contribution in [3.63, 3.8) is 0 Å². The number of likely N-dealkylation sites (N-methyl/N-ethyl adjacent to an activating group) is 1. The molecule has 15 heavy (non-hydrogen) atoms. The van der Waals surface area contributed by atoms with Crippen molar-refractivity contribution in [1.29, 1.82) is 0 Å². The van der Waals surface area contributed by atoms with E-state index in [0.717, 1.165) is 10.8 Å². The lowest BCUT2D eigenvalue weighted by Gasteiger charge is -2.07. The van der Waals surface area contributed by atoms with Crippen LogP contribution in [0.4, 0.5) is 13.2 Å². The summed E-state index contributed by atoms with van der Waals surface area (Å²) in [5.41, 5.74) is 0. The van der Waals surface area contributed by atoms with E-state index in [0.29, 0.717) is 0 Å². The van der Waals surface area contributed by atoms with Gasteiger partial charge in [-0.05, 0) is 0 Å². The molecule has 1 amide bonds. The molecule has 0 radical (unpaired) electrons. The molecule has 84 valence electrons. The van der Waals surface area contributed by atoms with E-state index in [1.165, 1.54) is 14.1 Å². The van der Waals surface area contributed by atoms with E-state index in [-0.39, 0.29) is 0 Å². The maximum Gasteiger partial charge on any atom is 0.457 e. The van der Waals surface area contributed by atoms with E-state index >= 15 is 0 Å². The molecular weight excluding hydrogens is 215 g/mol. The minimum atomic E-state index is -4.63. The van der Waals surface area contributed by atoms with Crippen LogP contribution in [0.3, 0.4) is 0 Å². The van der Waals surface area contributed by atoms with E-state index in [9.17, 15) is 22.8 Å². The monoisotopic (exact) mass is 223 g/mol. The molecule has 0 aromatic rings. The second kappa shape index (κ2) is 5.24. The fraction of sp³-hybridized carbons (Fsp3) is 0.500. The maximum atomic E-state index is 11.5. The van der Waals surface area contributed by atoms with Crippen molar-refractivity contribution in [1.82, 2.24) is 4.90 Å². The van der Waals surface area contributed by atoms with Gasteiger partial charge in [-0.3, -0.25) is 4.79 Å². The molecule has 0 fully saturated rings. The molecule has 0 aromatic carbocycles. The lowest BCUT2D eigenvalue weighted by Crippen LogP contribution is -2.31. The number of hydrogen-bond donors (Lipinski definition) is 0. The molecule has 0 aliphatic rings. The van der Waals surface area contributed by atoms with Crippen LogP contribution >= 0.6 is 0 Å². The first-order chi connectivity index (χ1) is 6.74. The zero-order valence-electron chi connectivity index (χ0n) is 8.01. The molecule has 4 nitrogen and oxygen atoms in total. The molecule has 0 heterocycles. The van der Waals surface area contributed by atoms with E-state index in [1.807, 2.05) is 0 Å². The molecule has 0 rings (SSSR count). The number of carbonyl (C=O) groups is 2. The van der Waals surface area contributed by atoms with Gasteiger partial charge in [0, 0.05) is 20.0 Å². The Morgan fingerprint density at radius 3 is 2.27 bits per heavy atom. The number of hydrogen-bond acceptors (Lipinski definition) is 3. The average molecular weight is 223 g/mol. The number of carbonyl (C=O) groups excluding carboxylic acids is 2. The highest BCUT2D eigenvalue weighted by Gasteiger charge is 2.23. The second-order valence-electron chi connectivity index (χ2n) is 2.58. The third kappa shape index (κ3) is 6.37. The van der Waals surface area contributed by atoms with Gasteiger partial charge in [0.1, 0.15) is 0 Å². The standard InChI is InChI=1S/C8H8F3NO3/c1-12(2)6(13)7(14)15-5-3-4-8(9,10)11/h5H2,1-2H3. The van der Waals surface area contributed by atoms with Crippen molar-refractivity contribution in [2.24, 2.45) is 0 Å². The highest BCUT2D eigenvalue weighted by Crippen LogP contribution is 2.11. The van der Waals surface area contributed by atoms with Gasteiger partial charge in [-0.1, -0.05) is 5.92 Å². The van der Waals surface area contributed by atoms with Crippen molar-refractivity contribution >= 4 is 11.9 Å². The Hall–Kier alpha value is -1.71. The summed E-state index contributed by atoms with van der Waals surface area (Å²) in [5, 5.41) is 0. The fourth-order valence-electron chi connectivity index (χ4n) is 0.482. The predicted molar refractivity (Wildman–Crippen MR) is 43.5 cm³/mol. The predicted octanol–water partition coefficient (Wildman–Crippen LogP) is 0.183. The van der Waals surface area contributed by atoms with Crippen LogP contribution in [-0.2, 0) is 14.3 Å². The number of rotatable bonds is 1. The first-order valence-corrected chi connectivity index (χ1v) is 3.69. The molecular formula is C8H8F3NO3. The summed E-state index contributed by atoms with van der Waals surface area (Å²) in [4.78, 5) is 22.5. The third-order valence-electron chi connectivity index (χ3n) is 1.09. The first-order valence-electron chi connectivity index (χ1n) is 3.69. The summed E-state index contributed by atoms with van der Waals surface area (Å²) in [7, 11) is 2.62. The molecule has 0 aromatic heterocycles. The molecule has 0 aliphatic heterocycles. The van der Waals surface area contributed by atoms with Crippen LogP contribution in [0.5, 0.6) is 0 Å². The number of ether oxygens (including phenoxy) is 1. The lowest BCUT2D eigenvalue weighted by molar-refractivity contribution is -0.157. The number of halogens is 3. The Morgan fingerprint density at radius 1 is 1.33 bits per heavy atom. The van der Waals surface area contributed by atoms with Gasteiger partial charge in [0.15, 0.2) is 6.61 Å².